The zero-order valence-corrected chi connectivity index (χ0v) is 6.62. The van der Waals surface area contributed by atoms with E-state index in [9.17, 15) is 0 Å². The summed E-state index contributed by atoms with van der Waals surface area (Å²) in [5, 5.41) is 3.13. The smallest absolute Gasteiger partial charge is 0.0474 e. The molecule has 0 unspecified atom stereocenters. The van der Waals surface area contributed by atoms with Crippen molar-refractivity contribution in [3.05, 3.63) is 59.6 Å². The second-order valence-corrected chi connectivity index (χ2v) is 2.67. The van der Waals surface area contributed by atoms with E-state index in [0.29, 0.717) is 0 Å². The van der Waals surface area contributed by atoms with Gasteiger partial charge in [0.05, 0.1) is 0 Å². The minimum atomic E-state index is 0.798. The molecular weight excluding hydrogens is 148 g/mol. The molecule has 0 bridgehead atoms. The van der Waals surface area contributed by atoms with Gasteiger partial charge in [0.2, 0.25) is 0 Å². The summed E-state index contributed by atoms with van der Waals surface area (Å²) in [5.74, 6) is 0. The highest BCUT2D eigenvalue weighted by Crippen LogP contribution is 2.18. The maximum atomic E-state index is 5.82. The Labute approximate surface area is 71.5 Å². The van der Waals surface area contributed by atoms with Crippen LogP contribution < -0.4 is 11.1 Å². The lowest BCUT2D eigenvalue weighted by atomic mass is 10.1. The Hall–Kier alpha value is -1.70. The summed E-state index contributed by atoms with van der Waals surface area (Å²) in [5.41, 5.74) is 8.73. The number of fused-ring (bicyclic) bond motifs is 1. The maximum Gasteiger partial charge on any atom is 0.0474 e. The van der Waals surface area contributed by atoms with Crippen LogP contribution in [0.25, 0.3) is 0 Å². The zero-order valence-electron chi connectivity index (χ0n) is 6.62. The summed E-state index contributed by atoms with van der Waals surface area (Å²) in [7, 11) is 0. The van der Waals surface area contributed by atoms with Gasteiger partial charge < -0.3 is 11.1 Å². The number of hydrogen-bond acceptors (Lipinski definition) is 2. The molecule has 0 radical (unpaired) electrons. The molecule has 0 spiro atoms. The van der Waals surface area contributed by atoms with Crippen molar-refractivity contribution < 1.29 is 0 Å². The van der Waals surface area contributed by atoms with Crippen molar-refractivity contribution in [3.8, 4) is 0 Å². The standard InChI is InChI=1S/C10H10N2/c11-9-5-1-2-6-10-8(9)4-3-7-12-10/h1-7,12H,11H2. The van der Waals surface area contributed by atoms with Crippen molar-refractivity contribution in [3.63, 3.8) is 0 Å². The summed E-state index contributed by atoms with van der Waals surface area (Å²) in [4.78, 5) is 0. The number of allylic oxidation sites excluding steroid dienone is 6. The summed E-state index contributed by atoms with van der Waals surface area (Å²) in [6, 6.07) is 0. The molecule has 1 heterocycles. The molecule has 0 saturated carbocycles. The van der Waals surface area contributed by atoms with Gasteiger partial charge in [-0.05, 0) is 24.3 Å². The minimum absolute atomic E-state index is 0.798. The van der Waals surface area contributed by atoms with Gasteiger partial charge in [0.15, 0.2) is 0 Å². The van der Waals surface area contributed by atoms with E-state index in [0.717, 1.165) is 17.0 Å². The molecule has 12 heavy (non-hydrogen) atoms. The average Bonchev–Trinajstić information content (AvgIpc) is 2.29. The van der Waals surface area contributed by atoms with Gasteiger partial charge in [-0.2, -0.15) is 0 Å². The number of nitrogens with two attached hydrogens (primary N) is 1. The largest absolute Gasteiger partial charge is 0.398 e. The Kier molecular flexibility index (Phi) is 1.59. The van der Waals surface area contributed by atoms with Crippen LogP contribution in [0.2, 0.25) is 0 Å². The molecule has 2 aliphatic rings. The van der Waals surface area contributed by atoms with Crippen LogP contribution in [0.4, 0.5) is 0 Å². The lowest BCUT2D eigenvalue weighted by Gasteiger charge is -2.13. The second-order valence-electron chi connectivity index (χ2n) is 2.67. The fraction of sp³-hybridized carbons (Fsp3) is 0. The van der Waals surface area contributed by atoms with E-state index in [1.165, 1.54) is 0 Å². The van der Waals surface area contributed by atoms with E-state index < -0.39 is 0 Å². The number of dihydropyridines is 1. The van der Waals surface area contributed by atoms with Crippen molar-refractivity contribution in [2.24, 2.45) is 5.73 Å². The van der Waals surface area contributed by atoms with Crippen molar-refractivity contribution in [1.82, 2.24) is 5.32 Å². The third kappa shape index (κ3) is 1.07. The van der Waals surface area contributed by atoms with Gasteiger partial charge in [-0.1, -0.05) is 12.2 Å². The highest BCUT2D eigenvalue weighted by Gasteiger charge is 2.08. The first-order valence-electron chi connectivity index (χ1n) is 3.86. The molecule has 0 amide bonds. The van der Waals surface area contributed by atoms with Crippen molar-refractivity contribution in [2.75, 3.05) is 0 Å². The molecule has 0 atom stereocenters. The average molecular weight is 158 g/mol. The Morgan fingerprint density at radius 2 is 1.83 bits per heavy atom. The van der Waals surface area contributed by atoms with Gasteiger partial charge in [-0.15, -0.1) is 0 Å². The van der Waals surface area contributed by atoms with Crippen LogP contribution in [0, 0.1) is 0 Å². The molecule has 0 saturated heterocycles. The third-order valence-corrected chi connectivity index (χ3v) is 1.85. The van der Waals surface area contributed by atoms with E-state index in [1.54, 1.807) is 0 Å². The number of nitrogens with one attached hydrogen (secondary N) is 1. The highest BCUT2D eigenvalue weighted by atomic mass is 14.9. The van der Waals surface area contributed by atoms with E-state index in [2.05, 4.69) is 5.32 Å². The van der Waals surface area contributed by atoms with Crippen LogP contribution >= 0.6 is 0 Å². The molecule has 3 N–H and O–H groups in total. The van der Waals surface area contributed by atoms with Crippen LogP contribution in [0.1, 0.15) is 0 Å². The van der Waals surface area contributed by atoms with Gasteiger partial charge in [0.25, 0.3) is 0 Å². The molecule has 2 nitrogen and oxygen atoms in total. The van der Waals surface area contributed by atoms with Crippen molar-refractivity contribution in [2.45, 2.75) is 0 Å². The van der Waals surface area contributed by atoms with Crippen LogP contribution in [0.5, 0.6) is 0 Å². The summed E-state index contributed by atoms with van der Waals surface area (Å²) < 4.78 is 0. The predicted molar refractivity (Wildman–Crippen MR) is 49.9 cm³/mol. The predicted octanol–water partition coefficient (Wildman–Crippen LogP) is 1.33. The van der Waals surface area contributed by atoms with Gasteiger partial charge in [0.1, 0.15) is 0 Å². The van der Waals surface area contributed by atoms with E-state index >= 15 is 0 Å². The second kappa shape index (κ2) is 2.74. The van der Waals surface area contributed by atoms with Crippen LogP contribution in [-0.2, 0) is 0 Å². The lowest BCUT2D eigenvalue weighted by Crippen LogP contribution is -2.14. The maximum absolute atomic E-state index is 5.82. The Bertz CT molecular complexity index is 341. The molecule has 1 aliphatic heterocycles. The quantitative estimate of drug-likeness (QED) is 0.558. The van der Waals surface area contributed by atoms with E-state index in [-0.39, 0.29) is 0 Å². The lowest BCUT2D eigenvalue weighted by molar-refractivity contribution is 1.05. The van der Waals surface area contributed by atoms with Crippen molar-refractivity contribution >= 4 is 0 Å². The van der Waals surface area contributed by atoms with Gasteiger partial charge in [0, 0.05) is 23.2 Å². The molecule has 0 fully saturated rings. The minimum Gasteiger partial charge on any atom is -0.398 e. The molecule has 2 heteroatoms. The Morgan fingerprint density at radius 1 is 1.00 bits per heavy atom. The van der Waals surface area contributed by atoms with Crippen LogP contribution in [0.15, 0.2) is 59.6 Å². The molecular formula is C10H10N2. The SMILES string of the molecule is NC1=CC=CC=C2NC=CC=C12. The Balaban J connectivity index is 2.50. The molecule has 60 valence electrons. The normalized spacial score (nSPS) is 19.8. The first-order valence-corrected chi connectivity index (χ1v) is 3.86. The highest BCUT2D eigenvalue weighted by molar-refractivity contribution is 5.52. The molecule has 0 aromatic heterocycles. The van der Waals surface area contributed by atoms with Crippen LogP contribution in [-0.4, -0.2) is 0 Å². The monoisotopic (exact) mass is 158 g/mol. The van der Waals surface area contributed by atoms with Gasteiger partial charge in [-0.25, -0.2) is 0 Å². The fourth-order valence-electron chi connectivity index (χ4n) is 1.24. The molecule has 0 aromatic carbocycles. The summed E-state index contributed by atoms with van der Waals surface area (Å²) in [6.07, 6.45) is 13.6. The van der Waals surface area contributed by atoms with Crippen LogP contribution in [0.3, 0.4) is 0 Å². The topological polar surface area (TPSA) is 38.0 Å². The summed E-state index contributed by atoms with van der Waals surface area (Å²) in [6.45, 7) is 0. The number of hydrogen-bond donors (Lipinski definition) is 2. The zero-order chi connectivity index (χ0) is 8.39. The summed E-state index contributed by atoms with van der Waals surface area (Å²) >= 11 is 0. The number of rotatable bonds is 0. The van der Waals surface area contributed by atoms with E-state index in [4.69, 9.17) is 5.73 Å². The van der Waals surface area contributed by atoms with Gasteiger partial charge >= 0.3 is 0 Å². The van der Waals surface area contributed by atoms with Crippen molar-refractivity contribution in [1.29, 1.82) is 0 Å². The van der Waals surface area contributed by atoms with Gasteiger partial charge in [-0.3, -0.25) is 0 Å². The third-order valence-electron chi connectivity index (χ3n) is 1.85. The Morgan fingerprint density at radius 3 is 2.75 bits per heavy atom. The fourth-order valence-corrected chi connectivity index (χ4v) is 1.24. The molecule has 1 aliphatic carbocycles. The van der Waals surface area contributed by atoms with E-state index in [1.807, 2.05) is 42.7 Å². The first-order chi connectivity index (χ1) is 5.88. The molecule has 2 rings (SSSR count). The molecule has 0 aromatic rings. The first kappa shape index (κ1) is 6.98.